The molecule has 2 aromatic carbocycles. The van der Waals surface area contributed by atoms with Gasteiger partial charge in [0.15, 0.2) is 0 Å². The van der Waals surface area contributed by atoms with E-state index in [0.29, 0.717) is 28.0 Å². The molecule has 0 saturated heterocycles. The van der Waals surface area contributed by atoms with Gasteiger partial charge in [0.2, 0.25) is 17.2 Å². The zero-order valence-corrected chi connectivity index (χ0v) is 19.9. The molecular weight excluding hydrogens is 461 g/mol. The quantitative estimate of drug-likeness (QED) is 0.385. The first-order chi connectivity index (χ1) is 17.3. The van der Waals surface area contributed by atoms with Gasteiger partial charge < -0.3 is 14.4 Å². The van der Waals surface area contributed by atoms with E-state index in [1.807, 2.05) is 39.0 Å². The number of carbonyl (C=O) groups excluding carboxylic acids is 1. The summed E-state index contributed by atoms with van der Waals surface area (Å²) in [6.07, 6.45) is 1.50. The van der Waals surface area contributed by atoms with Gasteiger partial charge in [0, 0.05) is 23.1 Å². The van der Waals surface area contributed by atoms with E-state index in [-0.39, 0.29) is 41.0 Å². The number of carbonyl (C=O) groups is 1. The van der Waals surface area contributed by atoms with Crippen molar-refractivity contribution in [1.82, 2.24) is 19.7 Å². The summed E-state index contributed by atoms with van der Waals surface area (Å²) < 4.78 is 20.3. The van der Waals surface area contributed by atoms with Crippen molar-refractivity contribution in [3.8, 4) is 22.8 Å². The van der Waals surface area contributed by atoms with E-state index >= 15 is 0 Å². The Morgan fingerprint density at radius 1 is 1.00 bits per heavy atom. The predicted octanol–water partition coefficient (Wildman–Crippen LogP) is 4.82. The fourth-order valence-electron chi connectivity index (χ4n) is 3.86. The van der Waals surface area contributed by atoms with Crippen molar-refractivity contribution in [1.29, 1.82) is 0 Å². The molecule has 0 spiro atoms. The van der Waals surface area contributed by atoms with Gasteiger partial charge in [-0.2, -0.15) is 4.98 Å². The van der Waals surface area contributed by atoms with Crippen LogP contribution in [-0.4, -0.2) is 25.6 Å². The molecule has 0 aliphatic heterocycles. The van der Waals surface area contributed by atoms with Crippen molar-refractivity contribution < 1.29 is 13.7 Å². The molecule has 0 aliphatic rings. The Bertz CT molecular complexity index is 1670. The number of rotatable bonds is 5. The Morgan fingerprint density at radius 3 is 2.53 bits per heavy atom. The molecule has 8 nitrogen and oxygen atoms in total. The van der Waals surface area contributed by atoms with Crippen LogP contribution in [0.5, 0.6) is 0 Å². The molecule has 0 saturated carbocycles. The molecule has 5 rings (SSSR count). The van der Waals surface area contributed by atoms with Gasteiger partial charge in [-0.05, 0) is 80.4 Å². The molecule has 3 heterocycles. The Hall–Kier alpha value is -4.66. The number of hydrogen-bond acceptors (Lipinski definition) is 6. The minimum absolute atomic E-state index is 0.00915. The van der Waals surface area contributed by atoms with Gasteiger partial charge in [-0.15, -0.1) is 0 Å². The lowest BCUT2D eigenvalue weighted by molar-refractivity contribution is -0.116. The molecule has 0 fully saturated rings. The fourth-order valence-corrected chi connectivity index (χ4v) is 3.86. The molecule has 0 bridgehead atoms. The van der Waals surface area contributed by atoms with E-state index in [0.717, 1.165) is 11.1 Å². The molecule has 0 atom stereocenters. The van der Waals surface area contributed by atoms with Crippen LogP contribution < -0.4 is 10.7 Å². The zero-order chi connectivity index (χ0) is 25.4. The average Bonchev–Trinajstić information content (AvgIpc) is 3.33. The van der Waals surface area contributed by atoms with E-state index in [1.165, 1.54) is 30.5 Å². The van der Waals surface area contributed by atoms with Crippen LogP contribution in [0.3, 0.4) is 0 Å². The van der Waals surface area contributed by atoms with Gasteiger partial charge in [0.25, 0.3) is 5.89 Å². The largest absolute Gasteiger partial charge is 0.333 e. The Morgan fingerprint density at radius 2 is 1.78 bits per heavy atom. The molecule has 0 radical (unpaired) electrons. The highest BCUT2D eigenvalue weighted by Crippen LogP contribution is 2.23. The number of benzene rings is 2. The minimum Gasteiger partial charge on any atom is -0.333 e. The summed E-state index contributed by atoms with van der Waals surface area (Å²) >= 11 is 0. The molecule has 1 N–H and O–H groups in total. The second-order valence-electron chi connectivity index (χ2n) is 8.60. The summed E-state index contributed by atoms with van der Waals surface area (Å²) in [7, 11) is 0. The van der Waals surface area contributed by atoms with Crippen molar-refractivity contribution in [2.75, 3.05) is 5.32 Å². The molecule has 9 heteroatoms. The number of pyridine rings is 2. The van der Waals surface area contributed by atoms with E-state index < -0.39 is 0 Å². The van der Waals surface area contributed by atoms with Crippen LogP contribution in [0.4, 0.5) is 10.1 Å². The smallest absolute Gasteiger partial charge is 0.263 e. The van der Waals surface area contributed by atoms with Gasteiger partial charge in [-0.25, -0.2) is 9.37 Å². The summed E-state index contributed by atoms with van der Waals surface area (Å²) in [6.45, 7) is 5.70. The van der Waals surface area contributed by atoms with Crippen LogP contribution in [-0.2, 0) is 11.3 Å². The van der Waals surface area contributed by atoms with Crippen LogP contribution in [0.2, 0.25) is 0 Å². The van der Waals surface area contributed by atoms with E-state index in [2.05, 4.69) is 20.4 Å². The Labute approximate surface area is 205 Å². The van der Waals surface area contributed by atoms with Crippen molar-refractivity contribution in [2.24, 2.45) is 0 Å². The normalized spacial score (nSPS) is 11.1. The lowest BCUT2D eigenvalue weighted by atomic mass is 10.1. The molecular formula is C27H22FN5O3. The SMILES string of the molecule is Cc1ccc2c(=O)c(-c3nc(-c4ccc(F)cc4)no3)cn(CC(=O)Nc3ccc(C)c(C)c3)c2n1. The van der Waals surface area contributed by atoms with Gasteiger partial charge in [-0.3, -0.25) is 9.59 Å². The maximum absolute atomic E-state index is 13.3. The first-order valence-electron chi connectivity index (χ1n) is 11.3. The second-order valence-corrected chi connectivity index (χ2v) is 8.60. The number of fused-ring (bicyclic) bond motifs is 1. The fraction of sp³-hybridized carbons (Fsp3) is 0.148. The maximum atomic E-state index is 13.3. The first-order valence-corrected chi connectivity index (χ1v) is 11.3. The lowest BCUT2D eigenvalue weighted by Gasteiger charge is -2.13. The van der Waals surface area contributed by atoms with Crippen molar-refractivity contribution >= 4 is 22.6 Å². The minimum atomic E-state index is -0.387. The molecule has 0 unspecified atom stereocenters. The second kappa shape index (κ2) is 9.18. The number of nitrogens with zero attached hydrogens (tertiary/aromatic N) is 4. The number of hydrogen-bond donors (Lipinski definition) is 1. The third kappa shape index (κ3) is 4.50. The van der Waals surface area contributed by atoms with E-state index in [9.17, 15) is 14.0 Å². The van der Waals surface area contributed by atoms with Gasteiger partial charge in [0.1, 0.15) is 23.6 Å². The topological polar surface area (TPSA) is 103 Å². The number of aryl methyl sites for hydroxylation is 3. The van der Waals surface area contributed by atoms with E-state index in [1.54, 1.807) is 16.7 Å². The molecule has 36 heavy (non-hydrogen) atoms. The van der Waals surface area contributed by atoms with E-state index in [4.69, 9.17) is 4.52 Å². The Balaban J connectivity index is 1.54. The molecule has 5 aromatic rings. The number of nitrogens with one attached hydrogen (secondary N) is 1. The van der Waals surface area contributed by atoms with Crippen LogP contribution in [0.25, 0.3) is 33.9 Å². The van der Waals surface area contributed by atoms with Crippen LogP contribution >= 0.6 is 0 Å². The predicted molar refractivity (Wildman–Crippen MR) is 134 cm³/mol. The number of halogens is 1. The number of anilines is 1. The molecule has 0 aliphatic carbocycles. The maximum Gasteiger partial charge on any atom is 0.263 e. The van der Waals surface area contributed by atoms with Crippen LogP contribution in [0, 0.1) is 26.6 Å². The first kappa shape index (κ1) is 23.1. The van der Waals surface area contributed by atoms with Crippen molar-refractivity contribution in [2.45, 2.75) is 27.3 Å². The highest BCUT2D eigenvalue weighted by Gasteiger charge is 2.19. The average molecular weight is 484 g/mol. The summed E-state index contributed by atoms with van der Waals surface area (Å²) in [5.41, 5.74) is 4.27. The molecule has 3 aromatic heterocycles. The Kier molecular flexibility index (Phi) is 5.89. The van der Waals surface area contributed by atoms with Gasteiger partial charge >= 0.3 is 0 Å². The third-order valence-corrected chi connectivity index (χ3v) is 5.92. The number of aromatic nitrogens is 4. The van der Waals surface area contributed by atoms with Gasteiger partial charge in [-0.1, -0.05) is 11.2 Å². The summed E-state index contributed by atoms with van der Waals surface area (Å²) in [6, 6.07) is 14.7. The van der Waals surface area contributed by atoms with Crippen molar-refractivity contribution in [3.63, 3.8) is 0 Å². The highest BCUT2D eigenvalue weighted by molar-refractivity contribution is 5.92. The van der Waals surface area contributed by atoms with Crippen molar-refractivity contribution in [3.05, 3.63) is 93.7 Å². The summed E-state index contributed by atoms with van der Waals surface area (Å²) in [4.78, 5) is 35.1. The highest BCUT2D eigenvalue weighted by atomic mass is 19.1. The standard InChI is InChI=1S/C27H22FN5O3/c1-15-4-10-20(12-16(15)2)30-23(34)14-33-13-22(24(35)21-11-5-17(3)29-26(21)33)27-31-25(32-36-27)18-6-8-19(28)9-7-18/h4-13H,14H2,1-3H3,(H,30,34). The zero-order valence-electron chi connectivity index (χ0n) is 19.9. The van der Waals surface area contributed by atoms with Gasteiger partial charge in [0.05, 0.1) is 5.39 Å². The summed E-state index contributed by atoms with van der Waals surface area (Å²) in [5, 5.41) is 7.15. The monoisotopic (exact) mass is 483 g/mol. The summed E-state index contributed by atoms with van der Waals surface area (Å²) in [5.74, 6) is -0.465. The van der Waals surface area contributed by atoms with Crippen LogP contribution in [0.15, 0.2) is 70.1 Å². The molecule has 180 valence electrons. The van der Waals surface area contributed by atoms with Crippen LogP contribution in [0.1, 0.15) is 16.8 Å². The number of amides is 1. The third-order valence-electron chi connectivity index (χ3n) is 5.92. The lowest BCUT2D eigenvalue weighted by Crippen LogP contribution is -2.22. The molecule has 1 amide bonds.